The lowest BCUT2D eigenvalue weighted by Crippen LogP contribution is -2.32. The molecule has 8 heteroatoms. The molecular weight excluding hydrogens is 377 g/mol. The number of aromatic nitrogens is 2. The van der Waals surface area contributed by atoms with Gasteiger partial charge in [-0.1, -0.05) is 0 Å². The average Bonchev–Trinajstić information content (AvgIpc) is 2.75. The highest BCUT2D eigenvalue weighted by Crippen LogP contribution is 2.24. The number of hydrogen-bond acceptors (Lipinski definition) is 5. The molecule has 150 valence electrons. The van der Waals surface area contributed by atoms with Crippen LogP contribution < -0.4 is 20.3 Å². The Morgan fingerprint density at radius 1 is 1.07 bits per heavy atom. The predicted octanol–water partition coefficient (Wildman–Crippen LogP) is 2.50. The number of ether oxygens (including phenoxy) is 2. The summed E-state index contributed by atoms with van der Waals surface area (Å²) in [5, 5.41) is 7.03. The fourth-order valence-corrected chi connectivity index (χ4v) is 2.74. The van der Waals surface area contributed by atoms with Gasteiger partial charge in [0, 0.05) is 24.2 Å². The van der Waals surface area contributed by atoms with E-state index in [0.717, 1.165) is 0 Å². The molecule has 2 aromatic carbocycles. The van der Waals surface area contributed by atoms with Crippen molar-refractivity contribution in [1.29, 1.82) is 0 Å². The van der Waals surface area contributed by atoms with Crippen LogP contribution in [0.15, 0.2) is 59.4 Å². The summed E-state index contributed by atoms with van der Waals surface area (Å²) in [7, 11) is 3.00. The molecule has 0 aliphatic rings. The Morgan fingerprint density at radius 2 is 1.83 bits per heavy atom. The molecule has 1 amide bonds. The van der Waals surface area contributed by atoms with Gasteiger partial charge in [0.15, 0.2) is 0 Å². The maximum atomic E-state index is 13.1. The SMILES string of the molecule is COc1ccc(C(=O)NCCn2nc(-c3ccc(F)cc3)ccc2=O)c(OC)c1. The van der Waals surface area contributed by atoms with Crippen molar-refractivity contribution in [2.45, 2.75) is 6.54 Å². The van der Waals surface area contributed by atoms with Crippen LogP contribution in [-0.4, -0.2) is 36.5 Å². The molecule has 3 aromatic rings. The molecule has 0 bridgehead atoms. The highest BCUT2D eigenvalue weighted by atomic mass is 19.1. The maximum Gasteiger partial charge on any atom is 0.266 e. The van der Waals surface area contributed by atoms with Gasteiger partial charge >= 0.3 is 0 Å². The lowest BCUT2D eigenvalue weighted by Gasteiger charge is -2.11. The number of amides is 1. The summed E-state index contributed by atoms with van der Waals surface area (Å²) in [4.78, 5) is 24.5. The van der Waals surface area contributed by atoms with Crippen LogP contribution in [-0.2, 0) is 6.54 Å². The second-order valence-electron chi connectivity index (χ2n) is 6.11. The third-order valence-electron chi connectivity index (χ3n) is 4.27. The predicted molar refractivity (Wildman–Crippen MR) is 106 cm³/mol. The van der Waals surface area contributed by atoms with Gasteiger partial charge in [-0.25, -0.2) is 9.07 Å². The molecule has 7 nitrogen and oxygen atoms in total. The number of halogens is 1. The van der Waals surface area contributed by atoms with Gasteiger partial charge in [0.25, 0.3) is 11.5 Å². The Hall–Kier alpha value is -3.68. The molecule has 0 fully saturated rings. The lowest BCUT2D eigenvalue weighted by atomic mass is 10.1. The van der Waals surface area contributed by atoms with Crippen LogP contribution in [0.25, 0.3) is 11.3 Å². The second kappa shape index (κ2) is 9.01. The average molecular weight is 397 g/mol. The molecule has 3 rings (SSSR count). The summed E-state index contributed by atoms with van der Waals surface area (Å²) < 4.78 is 24.7. The van der Waals surface area contributed by atoms with Crippen molar-refractivity contribution < 1.29 is 18.7 Å². The molecule has 0 radical (unpaired) electrons. The minimum absolute atomic E-state index is 0.179. The first kappa shape index (κ1) is 20.1. The largest absolute Gasteiger partial charge is 0.497 e. The van der Waals surface area contributed by atoms with Gasteiger partial charge in [0.1, 0.15) is 17.3 Å². The normalized spacial score (nSPS) is 10.4. The van der Waals surface area contributed by atoms with E-state index >= 15 is 0 Å². The Labute approximate surface area is 166 Å². The number of carbonyl (C=O) groups excluding carboxylic acids is 1. The number of methoxy groups -OCH3 is 2. The fourth-order valence-electron chi connectivity index (χ4n) is 2.74. The molecule has 0 saturated carbocycles. The van der Waals surface area contributed by atoms with Crippen LogP contribution in [0.1, 0.15) is 10.4 Å². The van der Waals surface area contributed by atoms with Crippen LogP contribution in [0.4, 0.5) is 4.39 Å². The van der Waals surface area contributed by atoms with Gasteiger partial charge in [0.05, 0.1) is 32.0 Å². The Kier molecular flexibility index (Phi) is 6.23. The van der Waals surface area contributed by atoms with Gasteiger partial charge in [-0.05, 0) is 42.5 Å². The second-order valence-corrected chi connectivity index (χ2v) is 6.11. The van der Waals surface area contributed by atoms with Gasteiger partial charge in [-0.3, -0.25) is 9.59 Å². The van der Waals surface area contributed by atoms with E-state index in [2.05, 4.69) is 10.4 Å². The monoisotopic (exact) mass is 397 g/mol. The Morgan fingerprint density at radius 3 is 2.52 bits per heavy atom. The first-order chi connectivity index (χ1) is 14.0. The number of hydrogen-bond donors (Lipinski definition) is 1. The van der Waals surface area contributed by atoms with Crippen LogP contribution in [0.3, 0.4) is 0 Å². The van der Waals surface area contributed by atoms with Crippen molar-refractivity contribution >= 4 is 5.91 Å². The third-order valence-corrected chi connectivity index (χ3v) is 4.27. The van der Waals surface area contributed by atoms with E-state index in [0.29, 0.717) is 28.3 Å². The van der Waals surface area contributed by atoms with Crippen LogP contribution in [0.2, 0.25) is 0 Å². The summed E-state index contributed by atoms with van der Waals surface area (Å²) >= 11 is 0. The van der Waals surface area contributed by atoms with E-state index in [1.54, 1.807) is 36.4 Å². The van der Waals surface area contributed by atoms with Crippen LogP contribution in [0, 0.1) is 5.82 Å². The lowest BCUT2D eigenvalue weighted by molar-refractivity contribution is 0.0948. The van der Waals surface area contributed by atoms with Gasteiger partial charge in [0.2, 0.25) is 0 Å². The Bertz CT molecular complexity index is 1060. The van der Waals surface area contributed by atoms with Crippen molar-refractivity contribution in [3.05, 3.63) is 76.3 Å². The first-order valence-electron chi connectivity index (χ1n) is 8.86. The molecule has 1 aromatic heterocycles. The highest BCUT2D eigenvalue weighted by molar-refractivity contribution is 5.97. The van der Waals surface area contributed by atoms with E-state index in [4.69, 9.17) is 9.47 Å². The quantitative estimate of drug-likeness (QED) is 0.662. The van der Waals surface area contributed by atoms with E-state index in [1.807, 2.05) is 0 Å². The molecule has 0 saturated heterocycles. The highest BCUT2D eigenvalue weighted by Gasteiger charge is 2.13. The van der Waals surface area contributed by atoms with E-state index in [9.17, 15) is 14.0 Å². The molecule has 1 heterocycles. The van der Waals surface area contributed by atoms with E-state index in [1.165, 1.54) is 37.1 Å². The van der Waals surface area contributed by atoms with Gasteiger partial charge < -0.3 is 14.8 Å². The number of nitrogens with zero attached hydrogens (tertiary/aromatic N) is 2. The zero-order chi connectivity index (χ0) is 20.8. The molecule has 29 heavy (non-hydrogen) atoms. The van der Waals surface area contributed by atoms with Gasteiger partial charge in [-0.15, -0.1) is 0 Å². The summed E-state index contributed by atoms with van der Waals surface area (Å²) in [6.07, 6.45) is 0. The first-order valence-corrected chi connectivity index (χ1v) is 8.86. The van der Waals surface area contributed by atoms with Gasteiger partial charge in [-0.2, -0.15) is 5.10 Å². The van der Waals surface area contributed by atoms with E-state index < -0.39 is 0 Å². The zero-order valence-corrected chi connectivity index (χ0v) is 16.0. The fraction of sp³-hybridized carbons (Fsp3) is 0.190. The minimum atomic E-state index is -0.348. The smallest absolute Gasteiger partial charge is 0.266 e. The summed E-state index contributed by atoms with van der Waals surface area (Å²) in [5.74, 6) is 0.271. The summed E-state index contributed by atoms with van der Waals surface area (Å²) in [5.41, 5.74) is 1.28. The van der Waals surface area contributed by atoms with Crippen molar-refractivity contribution in [1.82, 2.24) is 15.1 Å². The standard InChI is InChI=1S/C21H20FN3O4/c1-28-16-7-8-17(19(13-16)29-2)21(27)23-11-12-25-20(26)10-9-18(24-25)14-3-5-15(22)6-4-14/h3-10,13H,11-12H2,1-2H3,(H,23,27). The molecule has 0 aliphatic heterocycles. The Balaban J connectivity index is 1.69. The maximum absolute atomic E-state index is 13.1. The molecule has 0 aliphatic carbocycles. The van der Waals surface area contributed by atoms with Crippen LogP contribution in [0.5, 0.6) is 11.5 Å². The summed E-state index contributed by atoms with van der Waals surface area (Å²) in [6.45, 7) is 0.367. The van der Waals surface area contributed by atoms with Crippen molar-refractivity contribution in [3.8, 4) is 22.8 Å². The van der Waals surface area contributed by atoms with Crippen LogP contribution >= 0.6 is 0 Å². The van der Waals surface area contributed by atoms with Crippen molar-refractivity contribution in [2.75, 3.05) is 20.8 Å². The van der Waals surface area contributed by atoms with Crippen molar-refractivity contribution in [2.24, 2.45) is 0 Å². The molecule has 0 spiro atoms. The molecule has 0 atom stereocenters. The third kappa shape index (κ3) is 4.78. The molecule has 1 N–H and O–H groups in total. The number of rotatable bonds is 7. The van der Waals surface area contributed by atoms with Crippen molar-refractivity contribution in [3.63, 3.8) is 0 Å². The van der Waals surface area contributed by atoms with E-state index in [-0.39, 0.29) is 30.4 Å². The number of carbonyl (C=O) groups is 1. The molecule has 0 unspecified atom stereocenters. The zero-order valence-electron chi connectivity index (χ0n) is 16.0. The minimum Gasteiger partial charge on any atom is -0.497 e. The molecular formula is C21H20FN3O4. The topological polar surface area (TPSA) is 82.5 Å². The number of nitrogens with one attached hydrogen (secondary N) is 1. The summed E-state index contributed by atoms with van der Waals surface area (Å²) in [6, 6.07) is 13.7. The number of benzene rings is 2.